The van der Waals surface area contributed by atoms with Gasteiger partial charge in [0.15, 0.2) is 0 Å². The molecule has 0 bridgehead atoms. The third-order valence-electron chi connectivity index (χ3n) is 3.77. The molecule has 1 aromatic rings. The second-order valence-electron chi connectivity index (χ2n) is 5.29. The van der Waals surface area contributed by atoms with Crippen molar-refractivity contribution in [2.75, 3.05) is 13.1 Å². The molecule has 22 heavy (non-hydrogen) atoms. The number of urea groups is 1. The van der Waals surface area contributed by atoms with E-state index in [2.05, 4.69) is 5.32 Å². The van der Waals surface area contributed by atoms with E-state index in [0.717, 1.165) is 5.56 Å². The Balaban J connectivity index is 1.94. The third-order valence-corrected chi connectivity index (χ3v) is 3.77. The van der Waals surface area contributed by atoms with Gasteiger partial charge in [-0.05, 0) is 18.9 Å². The van der Waals surface area contributed by atoms with Crippen molar-refractivity contribution < 1.29 is 19.6 Å². The molecule has 0 spiro atoms. The molecule has 1 fully saturated rings. The molecular weight excluding hydrogens is 290 g/mol. The van der Waals surface area contributed by atoms with Crippen LogP contribution in [0.3, 0.4) is 0 Å². The first-order chi connectivity index (χ1) is 10.4. The highest BCUT2D eigenvalue weighted by atomic mass is 16.6. The van der Waals surface area contributed by atoms with Crippen LogP contribution >= 0.6 is 0 Å². The zero-order valence-corrected chi connectivity index (χ0v) is 12.1. The number of benzene rings is 1. The third kappa shape index (κ3) is 3.51. The maximum atomic E-state index is 12.1. The maximum absolute atomic E-state index is 12.1. The molecule has 8 nitrogen and oxygen atoms in total. The normalized spacial score (nSPS) is 18.8. The average Bonchev–Trinajstić information content (AvgIpc) is 2.97. The van der Waals surface area contributed by atoms with Gasteiger partial charge >= 0.3 is 12.0 Å². The fourth-order valence-electron chi connectivity index (χ4n) is 2.39. The lowest BCUT2D eigenvalue weighted by Crippen LogP contribution is -2.40. The number of hydrogen-bond donors (Lipinski definition) is 2. The Morgan fingerprint density at radius 3 is 2.55 bits per heavy atom. The van der Waals surface area contributed by atoms with Crippen LogP contribution in [0.15, 0.2) is 24.3 Å². The van der Waals surface area contributed by atoms with Gasteiger partial charge in [0.05, 0.1) is 16.9 Å². The largest absolute Gasteiger partial charge is 0.481 e. The van der Waals surface area contributed by atoms with Gasteiger partial charge in [-0.3, -0.25) is 14.9 Å². The van der Waals surface area contributed by atoms with Crippen LogP contribution in [-0.4, -0.2) is 40.0 Å². The highest BCUT2D eigenvalue weighted by molar-refractivity contribution is 5.77. The molecule has 1 unspecified atom stereocenters. The number of carboxylic acid groups (broad SMARTS) is 1. The summed E-state index contributed by atoms with van der Waals surface area (Å²) in [6.45, 7) is 2.38. The number of non-ortho nitro benzene ring substituents is 1. The Kier molecular flexibility index (Phi) is 4.59. The van der Waals surface area contributed by atoms with Gasteiger partial charge in [-0.2, -0.15) is 0 Å². The van der Waals surface area contributed by atoms with Gasteiger partial charge < -0.3 is 15.3 Å². The van der Waals surface area contributed by atoms with Crippen molar-refractivity contribution in [3.63, 3.8) is 0 Å². The first-order valence-corrected chi connectivity index (χ1v) is 6.91. The summed E-state index contributed by atoms with van der Waals surface area (Å²) >= 11 is 0. The Labute approximate surface area is 126 Å². The van der Waals surface area contributed by atoms with Gasteiger partial charge in [-0.25, -0.2) is 4.79 Å². The van der Waals surface area contributed by atoms with E-state index in [-0.39, 0.29) is 24.3 Å². The number of carboxylic acids is 1. The van der Waals surface area contributed by atoms with E-state index in [9.17, 15) is 19.7 Å². The Bertz CT molecular complexity index is 587. The lowest BCUT2D eigenvalue weighted by atomic mass is 10.1. The quantitative estimate of drug-likeness (QED) is 0.650. The molecule has 0 aromatic heterocycles. The second-order valence-corrected chi connectivity index (χ2v) is 5.29. The van der Waals surface area contributed by atoms with Crippen LogP contribution in [-0.2, 0) is 4.79 Å². The lowest BCUT2D eigenvalue weighted by molar-refractivity contribution is -0.384. The summed E-state index contributed by atoms with van der Waals surface area (Å²) in [7, 11) is 0. The maximum Gasteiger partial charge on any atom is 0.317 e. The number of hydrogen-bond acceptors (Lipinski definition) is 4. The van der Waals surface area contributed by atoms with Crippen molar-refractivity contribution in [1.29, 1.82) is 0 Å². The smallest absolute Gasteiger partial charge is 0.317 e. The number of carbonyl (C=O) groups excluding carboxylic acids is 1. The number of rotatable bonds is 4. The zero-order chi connectivity index (χ0) is 16.3. The van der Waals surface area contributed by atoms with Crippen LogP contribution in [0.2, 0.25) is 0 Å². The van der Waals surface area contributed by atoms with Crippen LogP contribution in [0, 0.1) is 16.0 Å². The number of nitrogens with one attached hydrogen (secondary N) is 1. The summed E-state index contributed by atoms with van der Waals surface area (Å²) in [5.74, 6) is -1.40. The molecule has 1 saturated heterocycles. The van der Waals surface area contributed by atoms with Crippen LogP contribution in [0.25, 0.3) is 0 Å². The standard InChI is InChI=1S/C14H17N3O5/c1-9(10-2-4-12(5-3-10)17(21)22)15-14(20)16-7-6-11(8-16)13(18)19/h2-5,9,11H,6-8H2,1H3,(H,15,20)(H,18,19)/t9-,11?/m0/s1. The summed E-state index contributed by atoms with van der Waals surface area (Å²) in [6.07, 6.45) is 0.453. The van der Waals surface area contributed by atoms with E-state index < -0.39 is 16.8 Å². The molecule has 2 amide bonds. The van der Waals surface area contributed by atoms with E-state index in [1.165, 1.54) is 17.0 Å². The van der Waals surface area contributed by atoms with E-state index in [1.807, 2.05) is 0 Å². The van der Waals surface area contributed by atoms with Gasteiger partial charge in [-0.15, -0.1) is 0 Å². The summed E-state index contributed by atoms with van der Waals surface area (Å²) in [4.78, 5) is 34.6. The number of nitro benzene ring substituents is 1. The number of nitrogens with zero attached hydrogens (tertiary/aromatic N) is 2. The average molecular weight is 307 g/mol. The monoisotopic (exact) mass is 307 g/mol. The predicted octanol–water partition coefficient (Wildman–Crippen LogP) is 1.77. The molecule has 118 valence electrons. The lowest BCUT2D eigenvalue weighted by Gasteiger charge is -2.21. The molecule has 8 heteroatoms. The van der Waals surface area contributed by atoms with Crippen LogP contribution in [0.5, 0.6) is 0 Å². The van der Waals surface area contributed by atoms with Crippen molar-refractivity contribution in [1.82, 2.24) is 10.2 Å². The SMILES string of the molecule is C[C@H](NC(=O)N1CCC(C(=O)O)C1)c1ccc([N+](=O)[O-])cc1. The first-order valence-electron chi connectivity index (χ1n) is 6.91. The number of amides is 2. The van der Waals surface area contributed by atoms with Crippen LogP contribution < -0.4 is 5.32 Å². The van der Waals surface area contributed by atoms with Crippen LogP contribution in [0.4, 0.5) is 10.5 Å². The number of likely N-dealkylation sites (tertiary alicyclic amines) is 1. The van der Waals surface area contributed by atoms with Crippen molar-refractivity contribution in [2.24, 2.45) is 5.92 Å². The number of carbonyl (C=O) groups is 2. The molecule has 1 heterocycles. The molecular formula is C14H17N3O5. The molecule has 1 aromatic carbocycles. The number of aliphatic carboxylic acids is 1. The summed E-state index contributed by atoms with van der Waals surface area (Å²) in [6, 6.07) is 5.30. The molecule has 2 N–H and O–H groups in total. The minimum atomic E-state index is -0.890. The molecule has 0 aliphatic carbocycles. The van der Waals surface area contributed by atoms with Gasteiger partial charge in [0.1, 0.15) is 0 Å². The van der Waals surface area contributed by atoms with E-state index in [0.29, 0.717) is 13.0 Å². The van der Waals surface area contributed by atoms with Gasteiger partial charge in [0.2, 0.25) is 0 Å². The van der Waals surface area contributed by atoms with Gasteiger partial charge in [0, 0.05) is 25.2 Å². The minimum Gasteiger partial charge on any atom is -0.481 e. The molecule has 0 radical (unpaired) electrons. The Hall–Kier alpha value is -2.64. The van der Waals surface area contributed by atoms with E-state index in [4.69, 9.17) is 5.11 Å². The number of nitro groups is 1. The van der Waals surface area contributed by atoms with Crippen LogP contribution in [0.1, 0.15) is 24.9 Å². The van der Waals surface area contributed by atoms with Crippen molar-refractivity contribution in [3.8, 4) is 0 Å². The first kappa shape index (κ1) is 15.7. The molecule has 1 aliphatic rings. The highest BCUT2D eigenvalue weighted by Crippen LogP contribution is 2.20. The van der Waals surface area contributed by atoms with Crippen molar-refractivity contribution in [3.05, 3.63) is 39.9 Å². The summed E-state index contributed by atoms with van der Waals surface area (Å²) in [5, 5.41) is 22.3. The van der Waals surface area contributed by atoms with Crippen molar-refractivity contribution in [2.45, 2.75) is 19.4 Å². The Morgan fingerprint density at radius 2 is 2.05 bits per heavy atom. The molecule has 2 atom stereocenters. The van der Waals surface area contributed by atoms with Gasteiger partial charge in [0.25, 0.3) is 5.69 Å². The predicted molar refractivity (Wildman–Crippen MR) is 77.4 cm³/mol. The van der Waals surface area contributed by atoms with Gasteiger partial charge in [-0.1, -0.05) is 12.1 Å². The molecule has 1 aliphatic heterocycles. The van der Waals surface area contributed by atoms with Crippen molar-refractivity contribution >= 4 is 17.7 Å². The molecule has 0 saturated carbocycles. The minimum absolute atomic E-state index is 0.00822. The summed E-state index contributed by atoms with van der Waals surface area (Å²) in [5.41, 5.74) is 0.735. The molecule has 2 rings (SSSR count). The summed E-state index contributed by atoms with van der Waals surface area (Å²) < 4.78 is 0. The van der Waals surface area contributed by atoms with E-state index in [1.54, 1.807) is 19.1 Å². The topological polar surface area (TPSA) is 113 Å². The second kappa shape index (κ2) is 6.42. The highest BCUT2D eigenvalue weighted by Gasteiger charge is 2.31. The fourth-order valence-corrected chi connectivity index (χ4v) is 2.39. The van der Waals surface area contributed by atoms with E-state index >= 15 is 0 Å². The fraction of sp³-hybridized carbons (Fsp3) is 0.429. The zero-order valence-electron chi connectivity index (χ0n) is 12.1. The Morgan fingerprint density at radius 1 is 1.41 bits per heavy atom.